The first-order valence-corrected chi connectivity index (χ1v) is 12.0. The third kappa shape index (κ3) is 4.02. The molecule has 0 bridgehead atoms. The van der Waals surface area contributed by atoms with Crippen molar-refractivity contribution in [1.29, 1.82) is 0 Å². The number of hydrazone groups is 1. The highest BCUT2D eigenvalue weighted by Gasteiger charge is 2.39. The van der Waals surface area contributed by atoms with E-state index in [0.717, 1.165) is 16.8 Å². The average Bonchev–Trinajstić information content (AvgIpc) is 3.19. The van der Waals surface area contributed by atoms with E-state index in [9.17, 15) is 0 Å². The predicted molar refractivity (Wildman–Crippen MR) is 140 cm³/mol. The van der Waals surface area contributed by atoms with Crippen LogP contribution in [0.2, 0.25) is 15.1 Å². The van der Waals surface area contributed by atoms with Crippen molar-refractivity contribution < 1.29 is 0 Å². The lowest BCUT2D eigenvalue weighted by molar-refractivity contribution is 0.598. The maximum absolute atomic E-state index is 6.43. The van der Waals surface area contributed by atoms with E-state index in [1.807, 2.05) is 47.4 Å². The van der Waals surface area contributed by atoms with Gasteiger partial charge >= 0.3 is 0 Å². The summed E-state index contributed by atoms with van der Waals surface area (Å²) < 4.78 is 0. The Morgan fingerprint density at radius 3 is 2.28 bits per heavy atom. The van der Waals surface area contributed by atoms with Gasteiger partial charge in [0, 0.05) is 21.3 Å². The van der Waals surface area contributed by atoms with Gasteiger partial charge in [-0.2, -0.15) is 10.1 Å². The highest BCUT2D eigenvalue weighted by molar-refractivity contribution is 8.27. The van der Waals surface area contributed by atoms with Crippen molar-refractivity contribution in [3.05, 3.63) is 98.5 Å². The van der Waals surface area contributed by atoms with Gasteiger partial charge in [-0.1, -0.05) is 64.6 Å². The van der Waals surface area contributed by atoms with E-state index in [-0.39, 0.29) is 6.17 Å². The second kappa shape index (κ2) is 8.69. The topological polar surface area (TPSA) is 31.2 Å². The Morgan fingerprint density at radius 1 is 0.906 bits per heavy atom. The summed E-state index contributed by atoms with van der Waals surface area (Å²) in [4.78, 5) is 7.01. The number of aryl methyl sites for hydroxylation is 1. The number of amidine groups is 1. The third-order valence-electron chi connectivity index (χ3n) is 5.07. The smallest absolute Gasteiger partial charge is 0.205 e. The fourth-order valence-electron chi connectivity index (χ4n) is 3.45. The monoisotopic (exact) mass is 516 g/mol. The van der Waals surface area contributed by atoms with Gasteiger partial charge in [-0.15, -0.1) is 0 Å². The van der Waals surface area contributed by atoms with Crippen molar-refractivity contribution in [2.24, 2.45) is 10.1 Å². The van der Waals surface area contributed by atoms with Crippen LogP contribution in [0.1, 0.15) is 22.9 Å². The van der Waals surface area contributed by atoms with E-state index in [4.69, 9.17) is 57.1 Å². The van der Waals surface area contributed by atoms with Crippen molar-refractivity contribution in [3.63, 3.8) is 0 Å². The van der Waals surface area contributed by atoms with Gasteiger partial charge in [0.2, 0.25) is 5.11 Å². The maximum Gasteiger partial charge on any atom is 0.205 e. The van der Waals surface area contributed by atoms with Gasteiger partial charge in [0.05, 0.1) is 5.02 Å². The molecule has 1 unspecified atom stereocenters. The lowest BCUT2D eigenvalue weighted by Crippen LogP contribution is -2.47. The lowest BCUT2D eigenvalue weighted by Gasteiger charge is -2.38. The number of aliphatic imine (C=N–C) groups is 1. The number of hydrogen-bond donors (Lipinski definition) is 0. The molecular weight excluding hydrogens is 503 g/mol. The number of nitrogens with zero attached hydrogens (tertiary/aromatic N) is 4. The minimum atomic E-state index is -0.350. The molecule has 0 N–H and O–H groups in total. The van der Waals surface area contributed by atoms with Crippen molar-refractivity contribution >= 4 is 79.8 Å². The van der Waals surface area contributed by atoms with E-state index in [1.165, 1.54) is 17.3 Å². The van der Waals surface area contributed by atoms with Crippen LogP contribution in [0.5, 0.6) is 0 Å². The van der Waals surface area contributed by atoms with Crippen molar-refractivity contribution in [3.8, 4) is 0 Å². The predicted octanol–water partition coefficient (Wildman–Crippen LogP) is 7.53. The molecule has 4 nitrogen and oxygen atoms in total. The number of halogens is 3. The normalized spacial score (nSPS) is 17.9. The summed E-state index contributed by atoms with van der Waals surface area (Å²) in [5.41, 5.74) is 3.86. The molecule has 3 aromatic rings. The number of fused-ring (bicyclic) bond motifs is 1. The van der Waals surface area contributed by atoms with Crippen LogP contribution in [0, 0.1) is 6.92 Å². The standard InChI is InChI=1S/C23H15Cl3N4S2/c1-13-2-9-17(10-3-13)29-20(14-4-6-15(24)7-5-14)27-22-30(23(29)31)28-21(32-22)18-11-8-16(25)12-19(18)26/h2-12,20H,1H3. The Balaban J connectivity index is 1.60. The first-order valence-electron chi connectivity index (χ1n) is 9.66. The van der Waals surface area contributed by atoms with Crippen LogP contribution in [0.25, 0.3) is 0 Å². The number of anilines is 1. The summed E-state index contributed by atoms with van der Waals surface area (Å²) >= 11 is 26.0. The van der Waals surface area contributed by atoms with E-state index < -0.39 is 0 Å². The van der Waals surface area contributed by atoms with Crippen LogP contribution < -0.4 is 4.90 Å². The molecule has 0 aromatic heterocycles. The molecule has 0 fully saturated rings. The Hall–Kier alpha value is -2.09. The molecule has 32 heavy (non-hydrogen) atoms. The molecule has 9 heteroatoms. The zero-order chi connectivity index (χ0) is 22.4. The molecular formula is C23H15Cl3N4S2. The molecule has 3 aromatic carbocycles. The molecule has 160 valence electrons. The molecule has 0 spiro atoms. The van der Waals surface area contributed by atoms with Crippen LogP contribution in [0.15, 0.2) is 76.8 Å². The minimum Gasteiger partial charge on any atom is -0.290 e. The SMILES string of the molecule is Cc1ccc(N2C(=S)N3N=C(c4ccc(Cl)cc4Cl)SC3=NC2c2ccc(Cl)cc2)cc1. The minimum absolute atomic E-state index is 0.350. The van der Waals surface area contributed by atoms with E-state index >= 15 is 0 Å². The van der Waals surface area contributed by atoms with Crippen LogP contribution in [-0.2, 0) is 0 Å². The van der Waals surface area contributed by atoms with Gasteiger partial charge in [0.15, 0.2) is 11.3 Å². The molecule has 1 atom stereocenters. The van der Waals surface area contributed by atoms with Gasteiger partial charge in [-0.3, -0.25) is 4.90 Å². The highest BCUT2D eigenvalue weighted by Crippen LogP contribution is 2.40. The second-order valence-electron chi connectivity index (χ2n) is 7.27. The molecule has 0 radical (unpaired) electrons. The Morgan fingerprint density at radius 2 is 1.59 bits per heavy atom. The van der Waals surface area contributed by atoms with Gasteiger partial charge in [-0.05, 0) is 78.9 Å². The van der Waals surface area contributed by atoms with E-state index in [2.05, 4.69) is 19.1 Å². The van der Waals surface area contributed by atoms with Crippen molar-refractivity contribution in [2.75, 3.05) is 4.90 Å². The van der Waals surface area contributed by atoms with Gasteiger partial charge < -0.3 is 0 Å². The zero-order valence-electron chi connectivity index (χ0n) is 16.7. The summed E-state index contributed by atoms with van der Waals surface area (Å²) in [5, 5.41) is 10.1. The molecule has 2 aliphatic heterocycles. The largest absolute Gasteiger partial charge is 0.290 e. The Labute approximate surface area is 210 Å². The fourth-order valence-corrected chi connectivity index (χ4v) is 5.47. The highest BCUT2D eigenvalue weighted by atomic mass is 35.5. The van der Waals surface area contributed by atoms with Gasteiger partial charge in [-0.25, -0.2) is 4.99 Å². The summed E-state index contributed by atoms with van der Waals surface area (Å²) in [6.45, 7) is 2.05. The van der Waals surface area contributed by atoms with Crippen LogP contribution >= 0.6 is 58.8 Å². The Bertz CT molecular complexity index is 1270. The van der Waals surface area contributed by atoms with E-state index in [1.54, 1.807) is 17.1 Å². The second-order valence-corrected chi connectivity index (χ2v) is 9.87. The maximum atomic E-state index is 6.43. The average molecular weight is 518 g/mol. The molecule has 0 saturated heterocycles. The first kappa shape index (κ1) is 21.7. The summed E-state index contributed by atoms with van der Waals surface area (Å²) in [5.74, 6) is 0. The number of thiocarbonyl (C=S) groups is 1. The Kier molecular flexibility index (Phi) is 5.90. The number of benzene rings is 3. The van der Waals surface area contributed by atoms with Crippen molar-refractivity contribution in [2.45, 2.75) is 13.1 Å². The number of hydrogen-bond acceptors (Lipinski definition) is 4. The summed E-state index contributed by atoms with van der Waals surface area (Å²) in [6, 6.07) is 21.2. The number of thioether (sulfide) groups is 1. The summed E-state index contributed by atoms with van der Waals surface area (Å²) in [6.07, 6.45) is -0.350. The summed E-state index contributed by atoms with van der Waals surface area (Å²) in [7, 11) is 0. The van der Waals surface area contributed by atoms with Crippen LogP contribution in [0.3, 0.4) is 0 Å². The van der Waals surface area contributed by atoms with Crippen LogP contribution in [-0.4, -0.2) is 20.3 Å². The lowest BCUT2D eigenvalue weighted by atomic mass is 10.1. The molecule has 0 saturated carbocycles. The van der Waals surface area contributed by atoms with Crippen LogP contribution in [0.4, 0.5) is 5.69 Å². The number of rotatable bonds is 3. The molecule has 2 heterocycles. The van der Waals surface area contributed by atoms with E-state index in [0.29, 0.717) is 30.4 Å². The molecule has 2 aliphatic rings. The fraction of sp³-hybridized carbons (Fsp3) is 0.0870. The first-order chi connectivity index (χ1) is 15.4. The van der Waals surface area contributed by atoms with Gasteiger partial charge in [0.25, 0.3) is 0 Å². The molecule has 0 amide bonds. The zero-order valence-corrected chi connectivity index (χ0v) is 20.6. The molecule has 5 rings (SSSR count). The molecule has 0 aliphatic carbocycles. The third-order valence-corrected chi connectivity index (χ3v) is 7.19. The quantitative estimate of drug-likeness (QED) is 0.336. The van der Waals surface area contributed by atoms with Crippen molar-refractivity contribution in [1.82, 2.24) is 5.01 Å². The van der Waals surface area contributed by atoms with Gasteiger partial charge in [0.1, 0.15) is 5.04 Å².